The monoisotopic (exact) mass is 317 g/mol. The third-order valence-electron chi connectivity index (χ3n) is 4.28. The number of ether oxygens (including phenoxy) is 1. The third kappa shape index (κ3) is 2.46. The number of hydrogen-bond donors (Lipinski definition) is 1. The highest BCUT2D eigenvalue weighted by atomic mass is 16.5. The van der Waals surface area contributed by atoms with E-state index in [9.17, 15) is 14.4 Å². The van der Waals surface area contributed by atoms with Crippen molar-refractivity contribution in [3.63, 3.8) is 0 Å². The van der Waals surface area contributed by atoms with Crippen LogP contribution in [0.15, 0.2) is 30.3 Å². The lowest BCUT2D eigenvalue weighted by Gasteiger charge is -2.23. The van der Waals surface area contributed by atoms with Crippen molar-refractivity contribution in [1.82, 2.24) is 10.2 Å². The molecule has 23 heavy (non-hydrogen) atoms. The van der Waals surface area contributed by atoms with Gasteiger partial charge in [0.15, 0.2) is 0 Å². The maximum atomic E-state index is 12.7. The Balaban J connectivity index is 1.82. The van der Waals surface area contributed by atoms with Crippen molar-refractivity contribution in [2.75, 3.05) is 25.2 Å². The number of methoxy groups -OCH3 is 1. The van der Waals surface area contributed by atoms with Gasteiger partial charge in [0.05, 0.1) is 6.61 Å². The van der Waals surface area contributed by atoms with Crippen molar-refractivity contribution in [2.24, 2.45) is 0 Å². The molecular weight excluding hydrogens is 298 g/mol. The maximum absolute atomic E-state index is 12.7. The minimum atomic E-state index is -1.12. The summed E-state index contributed by atoms with van der Waals surface area (Å²) in [6.07, 6.45) is 0.427. The fourth-order valence-corrected chi connectivity index (χ4v) is 3.15. The highest BCUT2D eigenvalue weighted by Gasteiger charge is 2.53. The first-order valence-corrected chi connectivity index (χ1v) is 7.49. The maximum Gasteiger partial charge on any atom is 0.325 e. The molecule has 1 N–H and O–H groups in total. The molecule has 0 saturated carbocycles. The molecule has 2 aliphatic rings. The molecule has 0 aliphatic carbocycles. The van der Waals surface area contributed by atoms with Gasteiger partial charge in [-0.2, -0.15) is 0 Å². The van der Waals surface area contributed by atoms with Crippen molar-refractivity contribution in [3.05, 3.63) is 30.3 Å². The van der Waals surface area contributed by atoms with Crippen LogP contribution in [0, 0.1) is 0 Å². The fraction of sp³-hybridized carbons (Fsp3) is 0.438. The largest absolute Gasteiger partial charge is 0.382 e. The molecule has 2 heterocycles. The van der Waals surface area contributed by atoms with Gasteiger partial charge in [-0.1, -0.05) is 18.2 Å². The molecule has 0 aromatic heterocycles. The number of urea groups is 1. The van der Waals surface area contributed by atoms with Crippen LogP contribution < -0.4 is 10.2 Å². The molecule has 1 aromatic rings. The number of carbonyl (C=O) groups excluding carboxylic acids is 3. The standard InChI is InChI=1S/C16H19N3O4/c1-16(10-23-2)14(21)19(15(22)17-16)12-8-9-18(13(12)20)11-6-4-3-5-7-11/h3-7,12H,8-10H2,1-2H3,(H,17,22). The van der Waals surface area contributed by atoms with Gasteiger partial charge in [0, 0.05) is 19.3 Å². The first-order valence-electron chi connectivity index (χ1n) is 7.49. The van der Waals surface area contributed by atoms with Crippen LogP contribution in [0.25, 0.3) is 0 Å². The van der Waals surface area contributed by atoms with Crippen molar-refractivity contribution in [2.45, 2.75) is 24.9 Å². The SMILES string of the molecule is COCC1(C)NC(=O)N(C2CCN(c3ccccc3)C2=O)C1=O. The minimum absolute atomic E-state index is 0.0668. The van der Waals surface area contributed by atoms with Crippen molar-refractivity contribution in [1.29, 1.82) is 0 Å². The molecule has 7 heteroatoms. The van der Waals surface area contributed by atoms with E-state index in [0.717, 1.165) is 10.6 Å². The van der Waals surface area contributed by atoms with Crippen LogP contribution in [0.2, 0.25) is 0 Å². The molecule has 4 amide bonds. The lowest BCUT2D eigenvalue weighted by molar-refractivity contribution is -0.137. The fourth-order valence-electron chi connectivity index (χ4n) is 3.15. The Bertz CT molecular complexity index is 648. The van der Waals surface area contributed by atoms with E-state index in [2.05, 4.69) is 5.32 Å². The Morgan fingerprint density at radius 3 is 2.61 bits per heavy atom. The van der Waals surface area contributed by atoms with E-state index in [1.165, 1.54) is 7.11 Å². The normalized spacial score (nSPS) is 27.7. The summed E-state index contributed by atoms with van der Waals surface area (Å²) < 4.78 is 5.02. The molecule has 0 bridgehead atoms. The van der Waals surface area contributed by atoms with Gasteiger partial charge in [0.1, 0.15) is 11.6 Å². The number of rotatable bonds is 4. The van der Waals surface area contributed by atoms with Crippen LogP contribution in [0.1, 0.15) is 13.3 Å². The number of nitrogens with zero attached hydrogens (tertiary/aromatic N) is 2. The lowest BCUT2D eigenvalue weighted by atomic mass is 10.0. The third-order valence-corrected chi connectivity index (χ3v) is 4.28. The second kappa shape index (κ2) is 5.66. The first kappa shape index (κ1) is 15.5. The van der Waals surface area contributed by atoms with E-state index in [4.69, 9.17) is 4.74 Å². The Kier molecular flexibility index (Phi) is 3.81. The Labute approximate surface area is 134 Å². The summed E-state index contributed by atoms with van der Waals surface area (Å²) in [5, 5.41) is 2.62. The van der Waals surface area contributed by atoms with Crippen molar-refractivity contribution in [3.8, 4) is 0 Å². The average Bonchev–Trinajstić information content (AvgIpc) is 2.99. The first-order chi connectivity index (χ1) is 11.0. The van der Waals surface area contributed by atoms with E-state index in [1.54, 1.807) is 11.8 Å². The van der Waals surface area contributed by atoms with Crippen LogP contribution in [-0.4, -0.2) is 54.6 Å². The van der Waals surface area contributed by atoms with Crippen molar-refractivity contribution >= 4 is 23.5 Å². The van der Waals surface area contributed by atoms with Crippen LogP contribution in [0.5, 0.6) is 0 Å². The van der Waals surface area contributed by atoms with Crippen molar-refractivity contribution < 1.29 is 19.1 Å². The van der Waals surface area contributed by atoms with E-state index in [1.807, 2.05) is 30.3 Å². The summed E-state index contributed by atoms with van der Waals surface area (Å²) in [5.74, 6) is -0.654. The van der Waals surface area contributed by atoms with E-state index in [-0.39, 0.29) is 12.5 Å². The highest BCUT2D eigenvalue weighted by Crippen LogP contribution is 2.28. The zero-order chi connectivity index (χ0) is 16.6. The summed E-state index contributed by atoms with van der Waals surface area (Å²) in [5.41, 5.74) is -0.349. The molecule has 0 spiro atoms. The molecule has 3 rings (SSSR count). The van der Waals surface area contributed by atoms with Gasteiger partial charge in [-0.3, -0.25) is 9.59 Å². The van der Waals surface area contributed by atoms with Gasteiger partial charge >= 0.3 is 6.03 Å². The summed E-state index contributed by atoms with van der Waals surface area (Å²) in [7, 11) is 1.46. The summed E-state index contributed by atoms with van der Waals surface area (Å²) >= 11 is 0. The van der Waals surface area contributed by atoms with Crippen LogP contribution in [0.3, 0.4) is 0 Å². The number of nitrogens with one attached hydrogen (secondary N) is 1. The second-order valence-corrected chi connectivity index (χ2v) is 6.00. The molecule has 2 unspecified atom stereocenters. The lowest BCUT2D eigenvalue weighted by Crippen LogP contribution is -2.50. The molecule has 2 atom stereocenters. The number of benzene rings is 1. The Morgan fingerprint density at radius 1 is 1.26 bits per heavy atom. The van der Waals surface area contributed by atoms with Gasteiger partial charge in [0.2, 0.25) is 5.91 Å². The molecule has 0 radical (unpaired) electrons. The number of para-hydroxylation sites is 1. The van der Waals surface area contributed by atoms with Crippen LogP contribution >= 0.6 is 0 Å². The quantitative estimate of drug-likeness (QED) is 0.831. The zero-order valence-corrected chi connectivity index (χ0v) is 13.1. The zero-order valence-electron chi connectivity index (χ0n) is 13.1. The van der Waals surface area contributed by atoms with E-state index < -0.39 is 23.5 Å². The number of anilines is 1. The minimum Gasteiger partial charge on any atom is -0.382 e. The van der Waals surface area contributed by atoms with Gasteiger partial charge in [-0.15, -0.1) is 0 Å². The van der Waals surface area contributed by atoms with Crippen LogP contribution in [0.4, 0.5) is 10.5 Å². The molecule has 7 nitrogen and oxygen atoms in total. The molecule has 122 valence electrons. The summed E-state index contributed by atoms with van der Waals surface area (Å²) in [6.45, 7) is 2.15. The Hall–Kier alpha value is -2.41. The predicted molar refractivity (Wildman–Crippen MR) is 82.9 cm³/mol. The second-order valence-electron chi connectivity index (χ2n) is 6.00. The number of imide groups is 1. The number of carbonyl (C=O) groups is 3. The number of amides is 4. The predicted octanol–water partition coefficient (Wildman–Crippen LogP) is 0.749. The molecule has 2 aliphatic heterocycles. The topological polar surface area (TPSA) is 79.0 Å². The van der Waals surface area contributed by atoms with Gasteiger partial charge in [0.25, 0.3) is 5.91 Å². The van der Waals surface area contributed by atoms with E-state index >= 15 is 0 Å². The summed E-state index contributed by atoms with van der Waals surface area (Å²) in [4.78, 5) is 40.1. The van der Waals surface area contributed by atoms with Gasteiger partial charge < -0.3 is 15.0 Å². The van der Waals surface area contributed by atoms with Gasteiger partial charge in [-0.25, -0.2) is 9.69 Å². The average molecular weight is 317 g/mol. The molecule has 2 fully saturated rings. The van der Waals surface area contributed by atoms with E-state index in [0.29, 0.717) is 13.0 Å². The summed E-state index contributed by atoms with van der Waals surface area (Å²) in [6, 6.07) is 7.93. The highest BCUT2D eigenvalue weighted by molar-refractivity contribution is 6.12. The Morgan fingerprint density at radius 2 is 1.96 bits per heavy atom. The van der Waals surface area contributed by atoms with Gasteiger partial charge in [-0.05, 0) is 25.5 Å². The molecule has 2 saturated heterocycles. The molecule has 1 aromatic carbocycles. The van der Waals surface area contributed by atoms with Crippen LogP contribution in [-0.2, 0) is 14.3 Å². The smallest absolute Gasteiger partial charge is 0.325 e. The number of hydrogen-bond acceptors (Lipinski definition) is 4. The molecular formula is C16H19N3O4.